The molecule has 0 aliphatic rings. The molecule has 3 aromatic rings. The number of fused-ring (bicyclic) bond motifs is 1. The summed E-state index contributed by atoms with van der Waals surface area (Å²) in [5, 5.41) is 11.4. The molecule has 0 bridgehead atoms. The second-order valence-electron chi connectivity index (χ2n) is 5.80. The van der Waals surface area contributed by atoms with Crippen molar-refractivity contribution in [3.63, 3.8) is 0 Å². The van der Waals surface area contributed by atoms with Gasteiger partial charge in [-0.05, 0) is 42.8 Å². The first-order valence-electron chi connectivity index (χ1n) is 8.58. The number of nitrogens with one attached hydrogen (secondary N) is 1. The lowest BCUT2D eigenvalue weighted by Crippen LogP contribution is -2.20. The van der Waals surface area contributed by atoms with E-state index in [0.717, 1.165) is 20.3 Å². The van der Waals surface area contributed by atoms with Gasteiger partial charge < -0.3 is 10.1 Å². The Kier molecular flexibility index (Phi) is 7.00. The fraction of sp³-hybridized carbons (Fsp3) is 0.200. The molecule has 2 aromatic carbocycles. The molecule has 0 fully saturated rings. The first-order chi connectivity index (χ1) is 13.6. The summed E-state index contributed by atoms with van der Waals surface area (Å²) < 4.78 is 7.13. The van der Waals surface area contributed by atoms with Crippen molar-refractivity contribution in [2.45, 2.75) is 17.2 Å². The Balaban J connectivity index is 1.32. The highest BCUT2D eigenvalue weighted by Crippen LogP contribution is 2.29. The number of rotatable bonds is 8. The van der Waals surface area contributed by atoms with Gasteiger partial charge in [0.15, 0.2) is 10.9 Å². The summed E-state index contributed by atoms with van der Waals surface area (Å²) in [5.74, 6) is -0.0615. The number of aromatic nitrogens is 1. The molecule has 3 rings (SSSR count). The van der Waals surface area contributed by atoms with Gasteiger partial charge in [-0.1, -0.05) is 23.9 Å². The van der Waals surface area contributed by atoms with Gasteiger partial charge in [0.25, 0.3) is 5.91 Å². The third-order valence-electron chi connectivity index (χ3n) is 3.69. The number of carbonyl (C=O) groups excluding carboxylic acids is 2. The predicted octanol–water partition coefficient (Wildman–Crippen LogP) is 4.22. The van der Waals surface area contributed by atoms with Crippen LogP contribution >= 0.6 is 23.1 Å². The lowest BCUT2D eigenvalue weighted by molar-refractivity contribution is -0.147. The number of thioether (sulfide) groups is 1. The third-order valence-corrected chi connectivity index (χ3v) is 5.95. The summed E-state index contributed by atoms with van der Waals surface area (Å²) in [6.07, 6.45) is 0.901. The maximum absolute atomic E-state index is 11.8. The van der Waals surface area contributed by atoms with Crippen molar-refractivity contribution in [3.8, 4) is 6.07 Å². The van der Waals surface area contributed by atoms with Crippen LogP contribution in [0, 0.1) is 11.3 Å². The van der Waals surface area contributed by atoms with E-state index in [9.17, 15) is 9.59 Å². The molecule has 0 radical (unpaired) electrons. The van der Waals surface area contributed by atoms with Gasteiger partial charge in [-0.3, -0.25) is 9.59 Å². The zero-order valence-electron chi connectivity index (χ0n) is 14.9. The minimum Gasteiger partial charge on any atom is -0.456 e. The van der Waals surface area contributed by atoms with E-state index in [-0.39, 0.29) is 13.0 Å². The van der Waals surface area contributed by atoms with Crippen molar-refractivity contribution in [1.82, 2.24) is 4.98 Å². The second kappa shape index (κ2) is 9.88. The van der Waals surface area contributed by atoms with Gasteiger partial charge in [0.2, 0.25) is 0 Å². The molecule has 0 unspecified atom stereocenters. The van der Waals surface area contributed by atoms with E-state index in [2.05, 4.69) is 10.3 Å². The highest BCUT2D eigenvalue weighted by atomic mass is 32.2. The number of esters is 1. The lowest BCUT2D eigenvalue weighted by atomic mass is 10.2. The monoisotopic (exact) mass is 411 g/mol. The molecular formula is C20H17N3O3S2. The Labute approximate surface area is 170 Å². The van der Waals surface area contributed by atoms with Crippen molar-refractivity contribution in [2.24, 2.45) is 0 Å². The quantitative estimate of drug-likeness (QED) is 0.339. The summed E-state index contributed by atoms with van der Waals surface area (Å²) >= 11 is 3.25. The summed E-state index contributed by atoms with van der Waals surface area (Å²) in [6.45, 7) is -0.330. The Bertz CT molecular complexity index is 976. The van der Waals surface area contributed by atoms with Crippen molar-refractivity contribution in [2.75, 3.05) is 17.7 Å². The Hall–Kier alpha value is -2.89. The maximum Gasteiger partial charge on any atom is 0.306 e. The first-order valence-corrected chi connectivity index (χ1v) is 10.4. The molecule has 1 heterocycles. The van der Waals surface area contributed by atoms with E-state index in [1.54, 1.807) is 47.4 Å². The topological polar surface area (TPSA) is 92.1 Å². The van der Waals surface area contributed by atoms with Crippen LogP contribution in [-0.4, -0.2) is 29.2 Å². The molecule has 1 amide bonds. The fourth-order valence-corrected chi connectivity index (χ4v) is 4.41. The maximum atomic E-state index is 11.8. The normalized spacial score (nSPS) is 10.4. The van der Waals surface area contributed by atoms with Gasteiger partial charge in [-0.15, -0.1) is 11.3 Å². The summed E-state index contributed by atoms with van der Waals surface area (Å²) in [6, 6.07) is 16.4. The smallest absolute Gasteiger partial charge is 0.306 e. The zero-order valence-corrected chi connectivity index (χ0v) is 16.5. The van der Waals surface area contributed by atoms with E-state index in [0.29, 0.717) is 17.7 Å². The minimum absolute atomic E-state index is 0.252. The van der Waals surface area contributed by atoms with Gasteiger partial charge >= 0.3 is 5.97 Å². The van der Waals surface area contributed by atoms with Crippen LogP contribution in [0.25, 0.3) is 10.2 Å². The number of hydrogen-bond acceptors (Lipinski definition) is 7. The standard InChI is InChI=1S/C20H17N3O3S2/c21-12-14-7-9-15(10-8-14)22-18(24)13-26-19(25)6-3-11-27-20-23-16-4-1-2-5-17(16)28-20/h1-2,4-5,7-10H,3,6,11,13H2,(H,22,24). The minimum atomic E-state index is -0.415. The highest BCUT2D eigenvalue weighted by molar-refractivity contribution is 8.01. The number of hydrogen-bond donors (Lipinski definition) is 1. The number of thiazole rings is 1. The number of carbonyl (C=O) groups is 2. The lowest BCUT2D eigenvalue weighted by Gasteiger charge is -2.06. The molecule has 142 valence electrons. The molecule has 1 aromatic heterocycles. The molecule has 0 aliphatic heterocycles. The molecule has 0 atom stereocenters. The van der Waals surface area contributed by atoms with Crippen LogP contribution in [0.5, 0.6) is 0 Å². The first kappa shape index (κ1) is 19.9. The van der Waals surface area contributed by atoms with Crippen LogP contribution in [0.15, 0.2) is 52.9 Å². The van der Waals surface area contributed by atoms with Crippen molar-refractivity contribution in [3.05, 3.63) is 54.1 Å². The highest BCUT2D eigenvalue weighted by Gasteiger charge is 2.09. The van der Waals surface area contributed by atoms with Crippen LogP contribution in [0.3, 0.4) is 0 Å². The van der Waals surface area contributed by atoms with Gasteiger partial charge in [0, 0.05) is 17.9 Å². The van der Waals surface area contributed by atoms with Crippen molar-refractivity contribution in [1.29, 1.82) is 5.26 Å². The molecule has 1 N–H and O–H groups in total. The molecular weight excluding hydrogens is 394 g/mol. The predicted molar refractivity (Wildman–Crippen MR) is 110 cm³/mol. The van der Waals surface area contributed by atoms with E-state index < -0.39 is 11.9 Å². The summed E-state index contributed by atoms with van der Waals surface area (Å²) in [5.41, 5.74) is 2.04. The Morgan fingerprint density at radius 3 is 2.71 bits per heavy atom. The molecule has 28 heavy (non-hydrogen) atoms. The molecule has 0 spiro atoms. The zero-order chi connectivity index (χ0) is 19.8. The number of benzene rings is 2. The average Bonchev–Trinajstić information content (AvgIpc) is 3.13. The van der Waals surface area contributed by atoms with E-state index in [4.69, 9.17) is 10.00 Å². The molecule has 6 nitrogen and oxygen atoms in total. The number of anilines is 1. The largest absolute Gasteiger partial charge is 0.456 e. The number of ether oxygens (including phenoxy) is 1. The van der Waals surface area contributed by atoms with Gasteiger partial charge in [0.1, 0.15) is 0 Å². The Morgan fingerprint density at radius 1 is 1.18 bits per heavy atom. The third kappa shape index (κ3) is 5.81. The van der Waals surface area contributed by atoms with Crippen molar-refractivity contribution < 1.29 is 14.3 Å². The number of para-hydroxylation sites is 1. The van der Waals surface area contributed by atoms with Gasteiger partial charge in [0.05, 0.1) is 21.8 Å². The summed E-state index contributed by atoms with van der Waals surface area (Å²) in [4.78, 5) is 28.1. The van der Waals surface area contributed by atoms with Crippen LogP contribution in [0.2, 0.25) is 0 Å². The van der Waals surface area contributed by atoms with Crippen molar-refractivity contribution >= 4 is 50.9 Å². The van der Waals surface area contributed by atoms with E-state index in [1.165, 1.54) is 0 Å². The molecule has 0 aliphatic carbocycles. The van der Waals surface area contributed by atoms with Gasteiger partial charge in [-0.25, -0.2) is 4.98 Å². The number of nitrogens with zero attached hydrogens (tertiary/aromatic N) is 2. The van der Waals surface area contributed by atoms with E-state index in [1.807, 2.05) is 30.3 Å². The number of nitriles is 1. The van der Waals surface area contributed by atoms with Crippen LogP contribution in [0.4, 0.5) is 5.69 Å². The van der Waals surface area contributed by atoms with Crippen LogP contribution in [-0.2, 0) is 14.3 Å². The second-order valence-corrected chi connectivity index (χ2v) is 8.17. The Morgan fingerprint density at radius 2 is 1.96 bits per heavy atom. The fourth-order valence-electron chi connectivity index (χ4n) is 2.33. The average molecular weight is 412 g/mol. The van der Waals surface area contributed by atoms with Crippen LogP contribution < -0.4 is 5.32 Å². The SMILES string of the molecule is N#Cc1ccc(NC(=O)COC(=O)CCCSc2nc3ccccc3s2)cc1. The molecule has 0 saturated carbocycles. The van der Waals surface area contributed by atoms with E-state index >= 15 is 0 Å². The van der Waals surface area contributed by atoms with Crippen LogP contribution in [0.1, 0.15) is 18.4 Å². The number of amides is 1. The molecule has 8 heteroatoms. The summed E-state index contributed by atoms with van der Waals surface area (Å²) in [7, 11) is 0. The molecule has 0 saturated heterocycles. The van der Waals surface area contributed by atoms with Gasteiger partial charge in [-0.2, -0.15) is 5.26 Å².